The Kier molecular flexibility index (Phi) is 6.11. The monoisotopic (exact) mass is 343 g/mol. The van der Waals surface area contributed by atoms with E-state index in [1.807, 2.05) is 31.2 Å². The van der Waals surface area contributed by atoms with Crippen molar-refractivity contribution in [3.05, 3.63) is 71.0 Å². The smallest absolute Gasteiger partial charge is 0.312 e. The predicted molar refractivity (Wildman–Crippen MR) is 94.2 cm³/mol. The van der Waals surface area contributed by atoms with Gasteiger partial charge in [0, 0.05) is 5.56 Å². The fourth-order valence-corrected chi connectivity index (χ4v) is 2.78. The van der Waals surface area contributed by atoms with E-state index in [-0.39, 0.29) is 18.1 Å². The van der Waals surface area contributed by atoms with E-state index < -0.39 is 18.1 Å². The van der Waals surface area contributed by atoms with Crippen molar-refractivity contribution in [1.82, 2.24) is 10.6 Å². The number of nitrogens with one attached hydrogen (secondary N) is 2. The number of halogens is 1. The van der Waals surface area contributed by atoms with Crippen LogP contribution in [0.3, 0.4) is 0 Å². The molecule has 2 aromatic carbocycles. The summed E-state index contributed by atoms with van der Waals surface area (Å²) < 4.78 is 13.8. The molecule has 0 aromatic heterocycles. The van der Waals surface area contributed by atoms with Crippen LogP contribution in [0.1, 0.15) is 42.1 Å². The number of hydrogen-bond acceptors (Lipinski definition) is 2. The molecule has 0 aliphatic heterocycles. The van der Waals surface area contributed by atoms with Gasteiger partial charge in [0.1, 0.15) is 5.82 Å². The molecule has 0 saturated carbocycles. The molecule has 4 N–H and O–H groups in total. The minimum atomic E-state index is -0.705. The first-order valence-corrected chi connectivity index (χ1v) is 8.03. The largest absolute Gasteiger partial charge is 0.352 e. The molecule has 5 nitrogen and oxygen atoms in total. The number of hydrogen-bond donors (Lipinski definition) is 3. The highest BCUT2D eigenvalue weighted by molar-refractivity contribution is 5.79. The molecule has 0 fully saturated rings. The van der Waals surface area contributed by atoms with E-state index in [9.17, 15) is 14.0 Å². The number of carbonyl (C=O) groups is 2. The lowest BCUT2D eigenvalue weighted by molar-refractivity contribution is -0.122. The third-order valence-electron chi connectivity index (χ3n) is 4.02. The second-order valence-electron chi connectivity index (χ2n) is 5.93. The normalized spacial score (nSPS) is 12.9. The Hall–Kier alpha value is -2.89. The molecule has 3 amide bonds. The highest BCUT2D eigenvalue weighted by atomic mass is 19.1. The molecule has 2 atom stereocenters. The van der Waals surface area contributed by atoms with Gasteiger partial charge in [-0.1, -0.05) is 42.5 Å². The lowest BCUT2D eigenvalue weighted by atomic mass is 9.98. The summed E-state index contributed by atoms with van der Waals surface area (Å²) in [7, 11) is 0. The fourth-order valence-electron chi connectivity index (χ4n) is 2.78. The zero-order valence-electron chi connectivity index (χ0n) is 14.3. The SMILES string of the molecule is Cc1ccccc1[C@@H](CC(=O)N[C@@H](C)c1ccccc1F)NC(N)=O. The molecule has 2 rings (SSSR count). The summed E-state index contributed by atoms with van der Waals surface area (Å²) in [4.78, 5) is 23.7. The predicted octanol–water partition coefficient (Wildman–Crippen LogP) is 3.11. The van der Waals surface area contributed by atoms with Crippen LogP contribution in [0.2, 0.25) is 0 Å². The molecular weight excluding hydrogens is 321 g/mol. The van der Waals surface area contributed by atoms with Gasteiger partial charge in [-0.25, -0.2) is 9.18 Å². The maximum atomic E-state index is 13.8. The number of primary amides is 1. The van der Waals surface area contributed by atoms with Crippen molar-refractivity contribution in [2.75, 3.05) is 0 Å². The number of nitrogens with two attached hydrogens (primary N) is 1. The van der Waals surface area contributed by atoms with E-state index in [0.717, 1.165) is 11.1 Å². The van der Waals surface area contributed by atoms with Crippen LogP contribution in [0.5, 0.6) is 0 Å². The summed E-state index contributed by atoms with van der Waals surface area (Å²) in [5.74, 6) is -0.682. The number of urea groups is 1. The van der Waals surface area contributed by atoms with E-state index >= 15 is 0 Å². The summed E-state index contributed by atoms with van der Waals surface area (Å²) in [5, 5.41) is 5.36. The summed E-state index contributed by atoms with van der Waals surface area (Å²) in [5.41, 5.74) is 7.40. The summed E-state index contributed by atoms with van der Waals surface area (Å²) in [6.07, 6.45) is 0.00653. The molecule has 0 bridgehead atoms. The second kappa shape index (κ2) is 8.28. The van der Waals surface area contributed by atoms with Crippen LogP contribution in [-0.2, 0) is 4.79 Å². The molecule has 0 unspecified atom stereocenters. The first kappa shape index (κ1) is 18.4. The topological polar surface area (TPSA) is 84.2 Å². The van der Waals surface area contributed by atoms with E-state index in [1.54, 1.807) is 25.1 Å². The van der Waals surface area contributed by atoms with Gasteiger partial charge >= 0.3 is 6.03 Å². The third kappa shape index (κ3) is 5.04. The highest BCUT2D eigenvalue weighted by Crippen LogP contribution is 2.22. The van der Waals surface area contributed by atoms with Gasteiger partial charge in [0.2, 0.25) is 5.91 Å². The fraction of sp³-hybridized carbons (Fsp3) is 0.263. The van der Waals surface area contributed by atoms with Crippen LogP contribution >= 0.6 is 0 Å². The van der Waals surface area contributed by atoms with E-state index in [1.165, 1.54) is 6.07 Å². The first-order valence-electron chi connectivity index (χ1n) is 8.03. The molecule has 0 heterocycles. The maximum Gasteiger partial charge on any atom is 0.312 e. The van der Waals surface area contributed by atoms with Gasteiger partial charge in [0.25, 0.3) is 0 Å². The number of carbonyl (C=O) groups excluding carboxylic acids is 2. The first-order chi connectivity index (χ1) is 11.9. The molecule has 132 valence electrons. The Balaban J connectivity index is 2.11. The standard InChI is InChI=1S/C19H22FN3O2/c1-12-7-3-4-8-14(12)17(23-19(21)25)11-18(24)22-13(2)15-9-5-6-10-16(15)20/h3-10,13,17H,11H2,1-2H3,(H,22,24)(H3,21,23,25)/t13-,17+/m0/s1. The third-order valence-corrected chi connectivity index (χ3v) is 4.02. The summed E-state index contributed by atoms with van der Waals surface area (Å²) in [6.45, 7) is 3.60. The van der Waals surface area contributed by atoms with Crippen LogP contribution < -0.4 is 16.4 Å². The minimum absolute atomic E-state index is 0.00653. The zero-order chi connectivity index (χ0) is 18.4. The highest BCUT2D eigenvalue weighted by Gasteiger charge is 2.21. The van der Waals surface area contributed by atoms with Crippen molar-refractivity contribution in [2.24, 2.45) is 5.73 Å². The summed E-state index contributed by atoms with van der Waals surface area (Å²) >= 11 is 0. The maximum absolute atomic E-state index is 13.8. The molecule has 0 radical (unpaired) electrons. The van der Waals surface area contributed by atoms with Gasteiger partial charge in [0.15, 0.2) is 0 Å². The van der Waals surface area contributed by atoms with E-state index in [2.05, 4.69) is 10.6 Å². The van der Waals surface area contributed by atoms with Crippen LogP contribution in [0.25, 0.3) is 0 Å². The average molecular weight is 343 g/mol. The number of benzene rings is 2. The lowest BCUT2D eigenvalue weighted by Gasteiger charge is -2.21. The molecular formula is C19H22FN3O2. The van der Waals surface area contributed by atoms with Crippen molar-refractivity contribution in [1.29, 1.82) is 0 Å². The lowest BCUT2D eigenvalue weighted by Crippen LogP contribution is -2.37. The average Bonchev–Trinajstić information content (AvgIpc) is 2.54. The van der Waals surface area contributed by atoms with Crippen LogP contribution in [0.15, 0.2) is 48.5 Å². The van der Waals surface area contributed by atoms with Crippen molar-refractivity contribution >= 4 is 11.9 Å². The van der Waals surface area contributed by atoms with Gasteiger partial charge in [-0.15, -0.1) is 0 Å². The van der Waals surface area contributed by atoms with Crippen LogP contribution in [-0.4, -0.2) is 11.9 Å². The van der Waals surface area contributed by atoms with Gasteiger partial charge in [0.05, 0.1) is 18.5 Å². The molecule has 25 heavy (non-hydrogen) atoms. The van der Waals surface area contributed by atoms with Crippen molar-refractivity contribution in [2.45, 2.75) is 32.4 Å². The second-order valence-corrected chi connectivity index (χ2v) is 5.93. The van der Waals surface area contributed by atoms with Gasteiger partial charge in [-0.2, -0.15) is 0 Å². The Morgan fingerprint density at radius 3 is 2.24 bits per heavy atom. The molecule has 2 aromatic rings. The molecule has 6 heteroatoms. The van der Waals surface area contributed by atoms with Crippen molar-refractivity contribution in [3.63, 3.8) is 0 Å². The zero-order valence-corrected chi connectivity index (χ0v) is 14.3. The number of aryl methyl sites for hydroxylation is 1. The van der Waals surface area contributed by atoms with Crippen molar-refractivity contribution in [3.8, 4) is 0 Å². The molecule has 0 aliphatic rings. The Labute approximate surface area is 146 Å². The number of rotatable bonds is 6. The van der Waals surface area contributed by atoms with E-state index in [4.69, 9.17) is 5.73 Å². The Bertz CT molecular complexity index is 764. The summed E-state index contributed by atoms with van der Waals surface area (Å²) in [6, 6.07) is 12.0. The molecule has 0 aliphatic carbocycles. The number of amides is 3. The molecule has 0 spiro atoms. The van der Waals surface area contributed by atoms with E-state index in [0.29, 0.717) is 5.56 Å². The van der Waals surface area contributed by atoms with Crippen molar-refractivity contribution < 1.29 is 14.0 Å². The van der Waals surface area contributed by atoms with Gasteiger partial charge in [-0.05, 0) is 31.0 Å². The Morgan fingerprint density at radius 1 is 1.04 bits per heavy atom. The van der Waals surface area contributed by atoms with Crippen LogP contribution in [0.4, 0.5) is 9.18 Å². The molecule has 0 saturated heterocycles. The quantitative estimate of drug-likeness (QED) is 0.753. The van der Waals surface area contributed by atoms with Gasteiger partial charge < -0.3 is 16.4 Å². The Morgan fingerprint density at radius 2 is 1.64 bits per heavy atom. The minimum Gasteiger partial charge on any atom is -0.352 e. The van der Waals surface area contributed by atoms with Crippen LogP contribution in [0, 0.1) is 12.7 Å². The van der Waals surface area contributed by atoms with Gasteiger partial charge in [-0.3, -0.25) is 4.79 Å².